The zero-order valence-corrected chi connectivity index (χ0v) is 13.0. The second kappa shape index (κ2) is 4.78. The maximum absolute atomic E-state index is 6.45. The average Bonchev–Trinajstić information content (AvgIpc) is 2.75. The zero-order valence-electron chi connectivity index (χ0n) is 12.2. The van der Waals surface area contributed by atoms with Gasteiger partial charge in [-0.3, -0.25) is 10.6 Å². The van der Waals surface area contributed by atoms with Gasteiger partial charge in [0.05, 0.1) is 23.0 Å². The lowest BCUT2D eigenvalue weighted by Gasteiger charge is -2.54. The molecule has 2 unspecified atom stereocenters. The quantitative estimate of drug-likeness (QED) is 0.819. The van der Waals surface area contributed by atoms with Gasteiger partial charge in [0.15, 0.2) is 0 Å². The molecule has 0 aliphatic carbocycles. The molecule has 7 heteroatoms. The smallest absolute Gasteiger partial charge is 0.227 e. The third-order valence-electron chi connectivity index (χ3n) is 5.57. The Balaban J connectivity index is 1.66. The first-order valence-corrected chi connectivity index (χ1v) is 7.93. The van der Waals surface area contributed by atoms with Crippen LogP contribution in [0, 0.1) is 5.92 Å². The predicted molar refractivity (Wildman–Crippen MR) is 82.0 cm³/mol. The number of piperidine rings is 3. The Hall–Kier alpha value is -0.950. The van der Waals surface area contributed by atoms with Crippen LogP contribution in [0.1, 0.15) is 12.8 Å². The van der Waals surface area contributed by atoms with Crippen molar-refractivity contribution in [3.05, 3.63) is 17.4 Å². The van der Waals surface area contributed by atoms with Crippen LogP contribution in [0.15, 0.2) is 12.4 Å². The molecule has 0 radical (unpaired) electrons. The molecule has 21 heavy (non-hydrogen) atoms. The van der Waals surface area contributed by atoms with Crippen LogP contribution in [0.4, 0.5) is 5.95 Å². The van der Waals surface area contributed by atoms with Crippen LogP contribution in [0.25, 0.3) is 0 Å². The summed E-state index contributed by atoms with van der Waals surface area (Å²) in [5.41, 5.74) is 6.59. The van der Waals surface area contributed by atoms with E-state index in [0.717, 1.165) is 19.0 Å². The van der Waals surface area contributed by atoms with Gasteiger partial charge >= 0.3 is 0 Å². The second-order valence-electron chi connectivity index (χ2n) is 6.51. The molecule has 5 rings (SSSR count). The summed E-state index contributed by atoms with van der Waals surface area (Å²) in [4.78, 5) is 15.7. The molecule has 4 fully saturated rings. The predicted octanol–water partition coefficient (Wildman–Crippen LogP) is 0.588. The summed E-state index contributed by atoms with van der Waals surface area (Å²) in [6, 6.07) is 0. The fourth-order valence-corrected chi connectivity index (χ4v) is 4.44. The molecule has 5 heterocycles. The monoisotopic (exact) mass is 308 g/mol. The second-order valence-corrected chi connectivity index (χ2v) is 6.94. The molecule has 0 saturated carbocycles. The van der Waals surface area contributed by atoms with Crippen LogP contribution in [-0.4, -0.2) is 64.8 Å². The van der Waals surface area contributed by atoms with Crippen LogP contribution >= 0.6 is 11.6 Å². The Morgan fingerprint density at radius 3 is 2.48 bits per heavy atom. The first kappa shape index (κ1) is 13.7. The highest BCUT2D eigenvalue weighted by Gasteiger charge is 2.56. The number of nitrogens with two attached hydrogens (primary N) is 1. The van der Waals surface area contributed by atoms with Crippen LogP contribution < -0.4 is 10.6 Å². The molecule has 4 aliphatic heterocycles. The number of halogens is 1. The van der Waals surface area contributed by atoms with Crippen molar-refractivity contribution in [2.75, 3.05) is 38.1 Å². The van der Waals surface area contributed by atoms with E-state index in [1.807, 2.05) is 0 Å². The fraction of sp³-hybridized carbons (Fsp3) is 0.714. The molecular weight excluding hydrogens is 288 g/mol. The highest BCUT2D eigenvalue weighted by molar-refractivity contribution is 6.30. The Labute approximate surface area is 129 Å². The minimum atomic E-state index is -0.174. The van der Waals surface area contributed by atoms with Gasteiger partial charge in [0.25, 0.3) is 0 Å². The van der Waals surface area contributed by atoms with Crippen LogP contribution in [-0.2, 0) is 0 Å². The molecule has 2 bridgehead atoms. The molecule has 2 atom stereocenters. The van der Waals surface area contributed by atoms with E-state index >= 15 is 0 Å². The number of hydrogen-bond acceptors (Lipinski definition) is 6. The lowest BCUT2D eigenvalue weighted by Crippen LogP contribution is -2.66. The SMILES string of the molecule is CN1C(N)N(c2ncc(Cl)cn2)CC12CN1CCC2CC1. The molecule has 6 nitrogen and oxygen atoms in total. The number of nitrogens with zero attached hydrogens (tertiary/aromatic N) is 5. The largest absolute Gasteiger partial charge is 0.310 e. The molecule has 1 aromatic rings. The van der Waals surface area contributed by atoms with Crippen molar-refractivity contribution in [3.8, 4) is 0 Å². The van der Waals surface area contributed by atoms with Crippen LogP contribution in [0.2, 0.25) is 5.02 Å². The topological polar surface area (TPSA) is 61.5 Å². The van der Waals surface area contributed by atoms with E-state index in [-0.39, 0.29) is 11.8 Å². The van der Waals surface area contributed by atoms with Gasteiger partial charge in [-0.05, 0) is 38.9 Å². The van der Waals surface area contributed by atoms with Crippen molar-refractivity contribution < 1.29 is 0 Å². The Morgan fingerprint density at radius 2 is 1.90 bits per heavy atom. The molecule has 0 amide bonds. The van der Waals surface area contributed by atoms with E-state index in [9.17, 15) is 0 Å². The van der Waals surface area contributed by atoms with Crippen molar-refractivity contribution in [2.24, 2.45) is 11.7 Å². The third kappa shape index (κ3) is 1.97. The van der Waals surface area contributed by atoms with Gasteiger partial charge in [0.1, 0.15) is 6.29 Å². The summed E-state index contributed by atoms with van der Waals surface area (Å²) in [5, 5.41) is 0.553. The van der Waals surface area contributed by atoms with Crippen LogP contribution in [0.3, 0.4) is 0 Å². The molecule has 4 saturated heterocycles. The molecule has 2 N–H and O–H groups in total. The van der Waals surface area contributed by atoms with Gasteiger partial charge in [-0.1, -0.05) is 11.6 Å². The van der Waals surface area contributed by atoms with Gasteiger partial charge in [0.2, 0.25) is 5.95 Å². The maximum atomic E-state index is 6.45. The highest BCUT2D eigenvalue weighted by Crippen LogP contribution is 2.44. The van der Waals surface area contributed by atoms with Crippen molar-refractivity contribution in [1.29, 1.82) is 0 Å². The lowest BCUT2D eigenvalue weighted by atomic mass is 9.72. The fourth-order valence-electron chi connectivity index (χ4n) is 4.34. The number of fused-ring (bicyclic) bond motifs is 2. The van der Waals surface area contributed by atoms with Crippen molar-refractivity contribution in [2.45, 2.75) is 24.7 Å². The van der Waals surface area contributed by atoms with Gasteiger partial charge < -0.3 is 9.80 Å². The standard InChI is InChI=1S/C14H21ClN6/c1-19-12(16)21(13-17-6-11(15)7-18-13)9-14(19)8-20-4-2-10(14)3-5-20/h6-7,10,12H,2-5,8-9,16H2,1H3. The number of anilines is 1. The van der Waals surface area contributed by atoms with Crippen molar-refractivity contribution >= 4 is 17.5 Å². The highest BCUT2D eigenvalue weighted by atomic mass is 35.5. The summed E-state index contributed by atoms with van der Waals surface area (Å²) < 4.78 is 0. The third-order valence-corrected chi connectivity index (χ3v) is 5.77. The van der Waals surface area contributed by atoms with E-state index < -0.39 is 0 Å². The summed E-state index contributed by atoms with van der Waals surface area (Å²) >= 11 is 5.89. The first-order valence-electron chi connectivity index (χ1n) is 7.55. The number of likely N-dealkylation sites (N-methyl/N-ethyl adjacent to an activating group) is 1. The summed E-state index contributed by atoms with van der Waals surface area (Å²) in [7, 11) is 2.14. The van der Waals surface area contributed by atoms with E-state index in [0.29, 0.717) is 11.0 Å². The van der Waals surface area contributed by atoms with E-state index in [1.165, 1.54) is 25.9 Å². The van der Waals surface area contributed by atoms with E-state index in [2.05, 4.69) is 31.7 Å². The van der Waals surface area contributed by atoms with Gasteiger partial charge in [-0.2, -0.15) is 0 Å². The Morgan fingerprint density at radius 1 is 1.24 bits per heavy atom. The molecule has 1 aromatic heterocycles. The number of aromatic nitrogens is 2. The molecular formula is C14H21ClN6. The molecule has 4 aliphatic rings. The summed E-state index contributed by atoms with van der Waals surface area (Å²) in [5.74, 6) is 1.39. The maximum Gasteiger partial charge on any atom is 0.227 e. The summed E-state index contributed by atoms with van der Waals surface area (Å²) in [6.07, 6.45) is 5.64. The number of rotatable bonds is 1. The molecule has 1 spiro atoms. The average molecular weight is 309 g/mol. The Bertz CT molecular complexity index is 529. The van der Waals surface area contributed by atoms with Gasteiger partial charge in [-0.25, -0.2) is 9.97 Å². The van der Waals surface area contributed by atoms with Gasteiger partial charge in [0, 0.05) is 13.1 Å². The van der Waals surface area contributed by atoms with Crippen molar-refractivity contribution in [3.63, 3.8) is 0 Å². The number of hydrogen-bond donors (Lipinski definition) is 1. The zero-order chi connectivity index (χ0) is 14.6. The van der Waals surface area contributed by atoms with Gasteiger partial charge in [-0.15, -0.1) is 0 Å². The first-order chi connectivity index (χ1) is 10.1. The summed E-state index contributed by atoms with van der Waals surface area (Å²) in [6.45, 7) is 4.46. The molecule has 0 aromatic carbocycles. The van der Waals surface area contributed by atoms with Crippen molar-refractivity contribution in [1.82, 2.24) is 19.8 Å². The minimum Gasteiger partial charge on any atom is -0.310 e. The molecule has 114 valence electrons. The van der Waals surface area contributed by atoms with E-state index in [4.69, 9.17) is 17.3 Å². The Kier molecular flexibility index (Phi) is 3.11. The van der Waals surface area contributed by atoms with E-state index in [1.54, 1.807) is 12.4 Å². The normalized spacial score (nSPS) is 39.4. The lowest BCUT2D eigenvalue weighted by molar-refractivity contribution is -0.0432. The van der Waals surface area contributed by atoms with Crippen LogP contribution in [0.5, 0.6) is 0 Å². The minimum absolute atomic E-state index is 0.138.